The SMILES string of the molecule is Cc1ccc(OCCC(=O)NC(C)c2cn[nH]c2)cc1C. The predicted molar refractivity (Wildman–Crippen MR) is 81.2 cm³/mol. The molecular weight excluding hydrogens is 266 g/mol. The summed E-state index contributed by atoms with van der Waals surface area (Å²) in [6, 6.07) is 5.87. The van der Waals surface area contributed by atoms with Crippen molar-refractivity contribution in [1.29, 1.82) is 0 Å². The van der Waals surface area contributed by atoms with Gasteiger partial charge in [0.25, 0.3) is 0 Å². The summed E-state index contributed by atoms with van der Waals surface area (Å²) in [6.07, 6.45) is 3.81. The van der Waals surface area contributed by atoms with Gasteiger partial charge in [-0.25, -0.2) is 0 Å². The van der Waals surface area contributed by atoms with Gasteiger partial charge >= 0.3 is 0 Å². The lowest BCUT2D eigenvalue weighted by Gasteiger charge is -2.12. The van der Waals surface area contributed by atoms with Gasteiger partial charge in [0.05, 0.1) is 25.3 Å². The zero-order valence-corrected chi connectivity index (χ0v) is 12.6. The van der Waals surface area contributed by atoms with Crippen LogP contribution >= 0.6 is 0 Å². The van der Waals surface area contributed by atoms with Crippen molar-refractivity contribution in [2.24, 2.45) is 0 Å². The number of rotatable bonds is 6. The molecule has 5 heteroatoms. The maximum atomic E-state index is 11.8. The number of nitrogens with zero attached hydrogens (tertiary/aromatic N) is 1. The van der Waals surface area contributed by atoms with Gasteiger partial charge in [0, 0.05) is 11.8 Å². The number of carbonyl (C=O) groups excluding carboxylic acids is 1. The molecule has 1 unspecified atom stereocenters. The van der Waals surface area contributed by atoms with Crippen LogP contribution in [0.5, 0.6) is 5.75 Å². The van der Waals surface area contributed by atoms with Gasteiger partial charge in [-0.05, 0) is 44.0 Å². The summed E-state index contributed by atoms with van der Waals surface area (Å²) in [5.74, 6) is 0.765. The van der Waals surface area contributed by atoms with E-state index in [0.29, 0.717) is 13.0 Å². The average molecular weight is 287 g/mol. The number of aryl methyl sites for hydroxylation is 2. The largest absolute Gasteiger partial charge is 0.493 e. The Morgan fingerprint density at radius 1 is 1.38 bits per heavy atom. The number of ether oxygens (including phenoxy) is 1. The van der Waals surface area contributed by atoms with E-state index in [4.69, 9.17) is 4.74 Å². The van der Waals surface area contributed by atoms with Crippen molar-refractivity contribution < 1.29 is 9.53 Å². The number of H-pyrrole nitrogens is 1. The van der Waals surface area contributed by atoms with E-state index in [1.807, 2.05) is 32.0 Å². The Balaban J connectivity index is 1.75. The minimum atomic E-state index is -0.0575. The molecule has 5 nitrogen and oxygen atoms in total. The van der Waals surface area contributed by atoms with E-state index in [0.717, 1.165) is 11.3 Å². The molecular formula is C16H21N3O2. The molecule has 1 amide bonds. The molecule has 2 N–H and O–H groups in total. The van der Waals surface area contributed by atoms with E-state index >= 15 is 0 Å². The lowest BCUT2D eigenvalue weighted by Crippen LogP contribution is -2.27. The minimum absolute atomic E-state index is 0.0347. The van der Waals surface area contributed by atoms with Crippen LogP contribution in [-0.2, 0) is 4.79 Å². The van der Waals surface area contributed by atoms with Gasteiger partial charge in [-0.1, -0.05) is 6.07 Å². The van der Waals surface area contributed by atoms with Crippen LogP contribution in [0.3, 0.4) is 0 Å². The molecule has 0 aliphatic rings. The van der Waals surface area contributed by atoms with Crippen molar-refractivity contribution in [3.05, 3.63) is 47.3 Å². The molecule has 0 bridgehead atoms. The molecule has 0 aliphatic carbocycles. The fourth-order valence-corrected chi connectivity index (χ4v) is 1.96. The van der Waals surface area contributed by atoms with Crippen LogP contribution in [0.2, 0.25) is 0 Å². The first-order chi connectivity index (χ1) is 10.1. The van der Waals surface area contributed by atoms with Gasteiger partial charge < -0.3 is 10.1 Å². The molecule has 0 aliphatic heterocycles. The Kier molecular flexibility index (Phi) is 4.98. The number of hydrogen-bond donors (Lipinski definition) is 2. The van der Waals surface area contributed by atoms with Crippen LogP contribution in [0.25, 0.3) is 0 Å². The molecule has 0 fully saturated rings. The van der Waals surface area contributed by atoms with Crippen LogP contribution in [0.15, 0.2) is 30.6 Å². The summed E-state index contributed by atoms with van der Waals surface area (Å²) in [7, 11) is 0. The van der Waals surface area contributed by atoms with Gasteiger partial charge in [-0.15, -0.1) is 0 Å². The minimum Gasteiger partial charge on any atom is -0.493 e. The fourth-order valence-electron chi connectivity index (χ4n) is 1.96. The van der Waals surface area contributed by atoms with Crippen molar-refractivity contribution >= 4 is 5.91 Å². The van der Waals surface area contributed by atoms with Gasteiger partial charge in [-0.3, -0.25) is 9.89 Å². The molecule has 1 aromatic heterocycles. The third-order valence-electron chi connectivity index (χ3n) is 3.47. The number of benzene rings is 1. The molecule has 1 atom stereocenters. The van der Waals surface area contributed by atoms with Crippen molar-refractivity contribution in [2.75, 3.05) is 6.61 Å². The summed E-state index contributed by atoms with van der Waals surface area (Å²) in [5.41, 5.74) is 3.37. The Hall–Kier alpha value is -2.30. The Bertz CT molecular complexity index is 594. The summed E-state index contributed by atoms with van der Waals surface area (Å²) >= 11 is 0. The average Bonchev–Trinajstić information content (AvgIpc) is 2.97. The second-order valence-electron chi connectivity index (χ2n) is 5.17. The first kappa shape index (κ1) is 15.1. The number of amides is 1. The second kappa shape index (κ2) is 6.92. The summed E-state index contributed by atoms with van der Waals surface area (Å²) in [4.78, 5) is 11.8. The first-order valence-corrected chi connectivity index (χ1v) is 7.04. The molecule has 0 radical (unpaired) electrons. The molecule has 21 heavy (non-hydrogen) atoms. The summed E-state index contributed by atoms with van der Waals surface area (Å²) in [6.45, 7) is 6.39. The van der Waals surface area contributed by atoms with Crippen molar-refractivity contribution in [3.8, 4) is 5.75 Å². The Morgan fingerprint density at radius 2 is 2.19 bits per heavy atom. The second-order valence-corrected chi connectivity index (χ2v) is 5.17. The Labute approximate surface area is 124 Å². The Morgan fingerprint density at radius 3 is 2.86 bits per heavy atom. The topological polar surface area (TPSA) is 67.0 Å². The number of aromatic amines is 1. The standard InChI is InChI=1S/C16H21N3O2/c1-11-4-5-15(8-12(11)2)21-7-6-16(20)19-13(3)14-9-17-18-10-14/h4-5,8-10,13H,6-7H2,1-3H3,(H,17,18)(H,19,20). The van der Waals surface area contributed by atoms with Gasteiger partial charge in [0.2, 0.25) is 5.91 Å². The third-order valence-corrected chi connectivity index (χ3v) is 3.47. The lowest BCUT2D eigenvalue weighted by atomic mass is 10.1. The normalized spacial score (nSPS) is 12.0. The van der Waals surface area contributed by atoms with E-state index in [1.54, 1.807) is 12.4 Å². The third kappa shape index (κ3) is 4.34. The summed E-state index contributed by atoms with van der Waals surface area (Å²) < 4.78 is 5.61. The molecule has 112 valence electrons. The molecule has 1 heterocycles. The first-order valence-electron chi connectivity index (χ1n) is 7.04. The van der Waals surface area contributed by atoms with E-state index in [2.05, 4.69) is 22.4 Å². The highest BCUT2D eigenvalue weighted by Gasteiger charge is 2.10. The van der Waals surface area contributed by atoms with Crippen LogP contribution in [0.1, 0.15) is 36.1 Å². The number of aromatic nitrogens is 2. The maximum Gasteiger partial charge on any atom is 0.223 e. The van der Waals surface area contributed by atoms with Crippen LogP contribution in [0, 0.1) is 13.8 Å². The van der Waals surface area contributed by atoms with Gasteiger partial charge in [0.15, 0.2) is 0 Å². The van der Waals surface area contributed by atoms with Crippen molar-refractivity contribution in [2.45, 2.75) is 33.2 Å². The fraction of sp³-hybridized carbons (Fsp3) is 0.375. The summed E-state index contributed by atoms with van der Waals surface area (Å²) in [5, 5.41) is 9.51. The highest BCUT2D eigenvalue weighted by molar-refractivity contribution is 5.76. The van der Waals surface area contributed by atoms with Crippen molar-refractivity contribution in [1.82, 2.24) is 15.5 Å². The zero-order chi connectivity index (χ0) is 15.2. The monoisotopic (exact) mass is 287 g/mol. The maximum absolute atomic E-state index is 11.8. The highest BCUT2D eigenvalue weighted by Crippen LogP contribution is 2.16. The van der Waals surface area contributed by atoms with E-state index < -0.39 is 0 Å². The van der Waals surface area contributed by atoms with Gasteiger partial charge in [0.1, 0.15) is 5.75 Å². The zero-order valence-electron chi connectivity index (χ0n) is 12.6. The van der Waals surface area contributed by atoms with E-state index in [9.17, 15) is 4.79 Å². The van der Waals surface area contributed by atoms with Crippen LogP contribution in [-0.4, -0.2) is 22.7 Å². The molecule has 2 rings (SSSR count). The van der Waals surface area contributed by atoms with Crippen LogP contribution in [0.4, 0.5) is 0 Å². The molecule has 1 aromatic carbocycles. The van der Waals surface area contributed by atoms with Crippen LogP contribution < -0.4 is 10.1 Å². The number of carbonyl (C=O) groups is 1. The smallest absolute Gasteiger partial charge is 0.223 e. The quantitative estimate of drug-likeness (QED) is 0.858. The van der Waals surface area contributed by atoms with E-state index in [1.165, 1.54) is 11.1 Å². The van der Waals surface area contributed by atoms with E-state index in [-0.39, 0.29) is 11.9 Å². The number of nitrogens with one attached hydrogen (secondary N) is 2. The molecule has 0 saturated heterocycles. The molecule has 0 saturated carbocycles. The van der Waals surface area contributed by atoms with Crippen molar-refractivity contribution in [3.63, 3.8) is 0 Å². The number of hydrogen-bond acceptors (Lipinski definition) is 3. The highest BCUT2D eigenvalue weighted by atomic mass is 16.5. The lowest BCUT2D eigenvalue weighted by molar-refractivity contribution is -0.122. The molecule has 0 spiro atoms. The predicted octanol–water partition coefficient (Wildman–Crippen LogP) is 2.67. The van der Waals surface area contributed by atoms with Gasteiger partial charge in [-0.2, -0.15) is 5.10 Å². The molecule has 2 aromatic rings.